The molecular weight excluding hydrogens is 224 g/mol. The molecule has 18 heavy (non-hydrogen) atoms. The van der Waals surface area contributed by atoms with Crippen LogP contribution in [-0.2, 0) is 0 Å². The number of azo groups is 1. The van der Waals surface area contributed by atoms with Crippen molar-refractivity contribution in [3.05, 3.63) is 48.1 Å². The number of hydrogen-bond acceptors (Lipinski definition) is 4. The molecule has 0 saturated heterocycles. The number of nitrogens with zero attached hydrogens (tertiary/aromatic N) is 2. The summed E-state index contributed by atoms with van der Waals surface area (Å²) in [5.74, 6) is 0. The SMILES string of the molecule is CC1=CC(N)C(C)(N=Nc2ccccc2N)C=C1. The smallest absolute Gasteiger partial charge is 0.116 e. The molecule has 0 bridgehead atoms. The van der Waals surface area contributed by atoms with E-state index in [2.05, 4.69) is 10.2 Å². The number of rotatable bonds is 2. The minimum atomic E-state index is -0.512. The fourth-order valence-corrected chi connectivity index (χ4v) is 1.76. The second kappa shape index (κ2) is 4.74. The first-order chi connectivity index (χ1) is 8.51. The molecule has 1 aliphatic rings. The lowest BCUT2D eigenvalue weighted by molar-refractivity contribution is 0.493. The second-order valence-electron chi connectivity index (χ2n) is 4.75. The predicted molar refractivity (Wildman–Crippen MR) is 74.6 cm³/mol. The van der Waals surface area contributed by atoms with Crippen molar-refractivity contribution >= 4 is 11.4 Å². The number of hydrogen-bond donors (Lipinski definition) is 2. The minimum Gasteiger partial charge on any atom is -0.397 e. The predicted octanol–water partition coefficient (Wildman–Crippen LogP) is 2.95. The molecule has 0 aromatic heterocycles. The standard InChI is InChI=1S/C14H18N4/c1-10-7-8-14(2,13(16)9-10)18-17-12-6-4-3-5-11(12)15/h3-9,13H,15-16H2,1-2H3. The molecule has 0 spiro atoms. The molecule has 0 aliphatic heterocycles. The number of anilines is 1. The van der Waals surface area contributed by atoms with Gasteiger partial charge in [-0.05, 0) is 26.0 Å². The monoisotopic (exact) mass is 242 g/mol. The summed E-state index contributed by atoms with van der Waals surface area (Å²) in [7, 11) is 0. The van der Waals surface area contributed by atoms with Crippen LogP contribution in [0.25, 0.3) is 0 Å². The summed E-state index contributed by atoms with van der Waals surface area (Å²) < 4.78 is 0. The molecule has 2 atom stereocenters. The minimum absolute atomic E-state index is 0.170. The van der Waals surface area contributed by atoms with Crippen molar-refractivity contribution in [2.24, 2.45) is 16.0 Å². The quantitative estimate of drug-likeness (QED) is 0.618. The van der Waals surface area contributed by atoms with E-state index >= 15 is 0 Å². The van der Waals surface area contributed by atoms with Crippen molar-refractivity contribution in [1.82, 2.24) is 0 Å². The highest BCUT2D eigenvalue weighted by Crippen LogP contribution is 2.28. The number of nitrogen functional groups attached to an aromatic ring is 1. The Morgan fingerprint density at radius 1 is 1.28 bits per heavy atom. The molecule has 0 amide bonds. The van der Waals surface area contributed by atoms with Crippen LogP contribution < -0.4 is 11.5 Å². The summed E-state index contributed by atoms with van der Waals surface area (Å²) in [4.78, 5) is 0. The Kier molecular flexibility index (Phi) is 3.30. The fourth-order valence-electron chi connectivity index (χ4n) is 1.76. The third kappa shape index (κ3) is 2.49. The van der Waals surface area contributed by atoms with Gasteiger partial charge in [-0.25, -0.2) is 0 Å². The highest BCUT2D eigenvalue weighted by atomic mass is 15.2. The molecule has 1 aliphatic carbocycles. The van der Waals surface area contributed by atoms with E-state index in [4.69, 9.17) is 11.5 Å². The summed E-state index contributed by atoms with van der Waals surface area (Å²) in [5, 5.41) is 8.57. The van der Waals surface area contributed by atoms with Crippen molar-refractivity contribution < 1.29 is 0 Å². The van der Waals surface area contributed by atoms with E-state index < -0.39 is 5.54 Å². The molecule has 2 unspecified atom stereocenters. The van der Waals surface area contributed by atoms with E-state index in [1.165, 1.54) is 0 Å². The zero-order valence-electron chi connectivity index (χ0n) is 10.7. The Labute approximate surface area is 107 Å². The fraction of sp³-hybridized carbons (Fsp3) is 0.286. The van der Waals surface area contributed by atoms with Gasteiger partial charge in [-0.2, -0.15) is 10.2 Å². The van der Waals surface area contributed by atoms with Gasteiger partial charge in [0.05, 0.1) is 11.7 Å². The van der Waals surface area contributed by atoms with Gasteiger partial charge in [0.1, 0.15) is 11.2 Å². The van der Waals surface area contributed by atoms with Gasteiger partial charge in [0, 0.05) is 0 Å². The Morgan fingerprint density at radius 3 is 2.67 bits per heavy atom. The van der Waals surface area contributed by atoms with Gasteiger partial charge >= 0.3 is 0 Å². The van der Waals surface area contributed by atoms with Crippen LogP contribution in [0.15, 0.2) is 58.3 Å². The Morgan fingerprint density at radius 2 is 2.00 bits per heavy atom. The van der Waals surface area contributed by atoms with Crippen LogP contribution in [0.4, 0.5) is 11.4 Å². The van der Waals surface area contributed by atoms with Crippen molar-refractivity contribution in [1.29, 1.82) is 0 Å². The Hall–Kier alpha value is -1.94. The van der Waals surface area contributed by atoms with Crippen LogP contribution in [0.5, 0.6) is 0 Å². The van der Waals surface area contributed by atoms with E-state index in [9.17, 15) is 0 Å². The summed E-state index contributed by atoms with van der Waals surface area (Å²) >= 11 is 0. The van der Waals surface area contributed by atoms with Crippen LogP contribution in [0.2, 0.25) is 0 Å². The zero-order chi connectivity index (χ0) is 13.2. The number of allylic oxidation sites excluding steroid dienone is 2. The molecule has 0 saturated carbocycles. The first-order valence-electron chi connectivity index (χ1n) is 5.92. The topological polar surface area (TPSA) is 76.8 Å². The first kappa shape index (κ1) is 12.5. The van der Waals surface area contributed by atoms with Crippen molar-refractivity contribution in [3.8, 4) is 0 Å². The van der Waals surface area contributed by atoms with Gasteiger partial charge in [-0.3, -0.25) is 0 Å². The van der Waals surface area contributed by atoms with E-state index in [1.807, 2.05) is 50.3 Å². The molecule has 94 valence electrons. The largest absolute Gasteiger partial charge is 0.397 e. The maximum atomic E-state index is 6.09. The van der Waals surface area contributed by atoms with Gasteiger partial charge in [0.15, 0.2) is 0 Å². The van der Waals surface area contributed by atoms with Gasteiger partial charge in [0.2, 0.25) is 0 Å². The number of benzene rings is 1. The molecule has 1 aromatic rings. The maximum absolute atomic E-state index is 6.09. The summed E-state index contributed by atoms with van der Waals surface area (Å²) in [6.07, 6.45) is 5.99. The van der Waals surface area contributed by atoms with E-state index in [0.717, 1.165) is 5.57 Å². The van der Waals surface area contributed by atoms with Gasteiger partial charge in [0.25, 0.3) is 0 Å². The molecule has 0 radical (unpaired) electrons. The highest BCUT2D eigenvalue weighted by Gasteiger charge is 2.29. The van der Waals surface area contributed by atoms with Crippen LogP contribution in [-0.4, -0.2) is 11.6 Å². The summed E-state index contributed by atoms with van der Waals surface area (Å²) in [6.45, 7) is 3.97. The molecule has 0 fully saturated rings. The summed E-state index contributed by atoms with van der Waals surface area (Å²) in [6, 6.07) is 7.22. The van der Waals surface area contributed by atoms with Gasteiger partial charge in [-0.15, -0.1) is 0 Å². The Bertz CT molecular complexity index is 530. The van der Waals surface area contributed by atoms with Crippen molar-refractivity contribution in [2.45, 2.75) is 25.4 Å². The van der Waals surface area contributed by atoms with Crippen LogP contribution in [0, 0.1) is 0 Å². The Balaban J connectivity index is 2.24. The molecular formula is C14H18N4. The molecule has 2 rings (SSSR count). The molecule has 4 N–H and O–H groups in total. The second-order valence-corrected chi connectivity index (χ2v) is 4.75. The summed E-state index contributed by atoms with van der Waals surface area (Å²) in [5.41, 5.74) is 13.8. The van der Waals surface area contributed by atoms with Crippen LogP contribution >= 0.6 is 0 Å². The molecule has 0 heterocycles. The van der Waals surface area contributed by atoms with E-state index in [-0.39, 0.29) is 6.04 Å². The maximum Gasteiger partial charge on any atom is 0.116 e. The third-order valence-corrected chi connectivity index (χ3v) is 3.11. The van der Waals surface area contributed by atoms with Gasteiger partial charge in [-0.1, -0.05) is 35.9 Å². The lowest BCUT2D eigenvalue weighted by Gasteiger charge is -2.28. The molecule has 4 nitrogen and oxygen atoms in total. The first-order valence-corrected chi connectivity index (χ1v) is 5.92. The molecule has 1 aromatic carbocycles. The average molecular weight is 242 g/mol. The number of para-hydroxylation sites is 1. The van der Waals surface area contributed by atoms with Crippen LogP contribution in [0.3, 0.4) is 0 Å². The van der Waals surface area contributed by atoms with E-state index in [1.54, 1.807) is 6.07 Å². The van der Waals surface area contributed by atoms with Crippen LogP contribution in [0.1, 0.15) is 13.8 Å². The normalized spacial score (nSPS) is 27.5. The average Bonchev–Trinajstić information content (AvgIpc) is 2.34. The molecule has 4 heteroatoms. The van der Waals surface area contributed by atoms with Crippen molar-refractivity contribution in [3.63, 3.8) is 0 Å². The lowest BCUT2D eigenvalue weighted by Crippen LogP contribution is -2.42. The van der Waals surface area contributed by atoms with E-state index in [0.29, 0.717) is 11.4 Å². The number of nitrogens with two attached hydrogens (primary N) is 2. The lowest BCUT2D eigenvalue weighted by atomic mass is 9.87. The highest BCUT2D eigenvalue weighted by molar-refractivity contribution is 5.61. The van der Waals surface area contributed by atoms with Gasteiger partial charge < -0.3 is 11.5 Å². The third-order valence-electron chi connectivity index (χ3n) is 3.11. The van der Waals surface area contributed by atoms with Crippen molar-refractivity contribution in [2.75, 3.05) is 5.73 Å². The zero-order valence-corrected chi connectivity index (χ0v) is 10.7.